The lowest BCUT2D eigenvalue weighted by atomic mass is 10.0. The number of amides is 6. The number of aromatic nitrogens is 3. The van der Waals surface area contributed by atoms with Crippen LogP contribution in [0.2, 0.25) is 0 Å². The number of alkyl carbamates (subject to hydrolysis) is 1. The van der Waals surface area contributed by atoms with Crippen LogP contribution in [0.4, 0.5) is 15.3 Å². The van der Waals surface area contributed by atoms with Gasteiger partial charge in [0.05, 0.1) is 137 Å². The number of anilines is 1. The second-order valence-electron chi connectivity index (χ2n) is 22.3. The Morgan fingerprint density at radius 3 is 1.58 bits per heavy atom. The molecule has 2 rings (SSSR count). The third kappa shape index (κ3) is 43.7. The quantitative estimate of drug-likeness (QED) is 0.0276. The molecule has 26 nitrogen and oxygen atoms in total. The van der Waals surface area contributed by atoms with E-state index >= 15 is 0 Å². The number of nitrogens with one attached hydrogen (secondary N) is 5. The molecule has 28 heteroatoms. The van der Waals surface area contributed by atoms with Gasteiger partial charge in [0.25, 0.3) is 5.91 Å². The van der Waals surface area contributed by atoms with E-state index in [1.54, 1.807) is 72.5 Å². The SMILES string of the molecule is CC(C)CCOCCOCCOCCOCCOCCOCCOCCOCCOCCn1cc(CNC(=O)OCc2ccc(NC(=O)[C@H](CCCNC(N)=O)NC(=O)[C@@H](NC(=O)CON=C(CSC(C)(C)C)CSC(C)(C)C)C(C)C)cc2)nn1. The monoisotopic (exact) mass is 1260 g/mol. The first-order valence-electron chi connectivity index (χ1n) is 29.6. The smallest absolute Gasteiger partial charge is 0.407 e. The molecule has 0 aliphatic heterocycles. The molecule has 0 saturated carbocycles. The summed E-state index contributed by atoms with van der Waals surface area (Å²) in [5, 5.41) is 25.9. The number of primary amides is 1. The second kappa shape index (κ2) is 47.2. The van der Waals surface area contributed by atoms with Crippen LogP contribution in [0.1, 0.15) is 99.8 Å². The van der Waals surface area contributed by atoms with Crippen molar-refractivity contribution in [2.45, 2.75) is 130 Å². The van der Waals surface area contributed by atoms with Crippen molar-refractivity contribution in [3.8, 4) is 0 Å². The number of nitrogens with two attached hydrogens (primary N) is 1. The van der Waals surface area contributed by atoms with Gasteiger partial charge in [-0.15, -0.1) is 28.6 Å². The van der Waals surface area contributed by atoms with Crippen molar-refractivity contribution in [3.05, 3.63) is 41.7 Å². The van der Waals surface area contributed by atoms with Gasteiger partial charge in [-0.2, -0.15) is 0 Å². The maximum Gasteiger partial charge on any atom is 0.407 e. The average Bonchev–Trinajstić information content (AvgIpc) is 4.07. The summed E-state index contributed by atoms with van der Waals surface area (Å²) >= 11 is 3.45. The number of thioether (sulfide) groups is 2. The zero-order valence-electron chi connectivity index (χ0n) is 52.7. The van der Waals surface area contributed by atoms with Crippen molar-refractivity contribution >= 4 is 64.8 Å². The lowest BCUT2D eigenvalue weighted by molar-refractivity contribution is -0.133. The molecule has 0 aliphatic carbocycles. The first-order valence-corrected chi connectivity index (χ1v) is 31.5. The van der Waals surface area contributed by atoms with Gasteiger partial charge in [-0.3, -0.25) is 14.4 Å². The molecule has 1 aromatic carbocycles. The molecule has 0 saturated heterocycles. The Bertz CT molecular complexity index is 2150. The fraction of sp³-hybridized carbons (Fsp3) is 0.759. The molecule has 1 heterocycles. The molecule has 492 valence electrons. The maximum atomic E-state index is 13.7. The maximum absolute atomic E-state index is 13.7. The minimum absolute atomic E-state index is 0.00856. The summed E-state index contributed by atoms with van der Waals surface area (Å²) < 4.78 is 56.8. The van der Waals surface area contributed by atoms with Crippen LogP contribution in [0.5, 0.6) is 0 Å². The van der Waals surface area contributed by atoms with Crippen molar-refractivity contribution < 1.29 is 76.2 Å². The Morgan fingerprint density at radius 1 is 0.628 bits per heavy atom. The number of oxime groups is 1. The number of rotatable bonds is 51. The molecule has 0 aliphatic rings. The molecule has 6 amide bonds. The van der Waals surface area contributed by atoms with E-state index in [2.05, 4.69) is 97.4 Å². The summed E-state index contributed by atoms with van der Waals surface area (Å²) in [6, 6.07) is 3.84. The Morgan fingerprint density at radius 2 is 1.12 bits per heavy atom. The van der Waals surface area contributed by atoms with E-state index in [4.69, 9.17) is 57.9 Å². The Labute approximate surface area is 518 Å². The van der Waals surface area contributed by atoms with E-state index < -0.39 is 48.5 Å². The number of carbonyl (C=O) groups is 5. The lowest BCUT2D eigenvalue weighted by Gasteiger charge is -2.25. The van der Waals surface area contributed by atoms with E-state index in [9.17, 15) is 24.0 Å². The van der Waals surface area contributed by atoms with Gasteiger partial charge in [0.15, 0.2) is 6.61 Å². The van der Waals surface area contributed by atoms with Gasteiger partial charge in [-0.1, -0.05) is 91.7 Å². The largest absolute Gasteiger partial charge is 0.445 e. The van der Waals surface area contributed by atoms with Crippen molar-refractivity contribution in [1.29, 1.82) is 0 Å². The summed E-state index contributed by atoms with van der Waals surface area (Å²) in [6.07, 6.45) is 2.53. The highest BCUT2D eigenvalue weighted by Crippen LogP contribution is 2.27. The zero-order chi connectivity index (χ0) is 63.3. The van der Waals surface area contributed by atoms with E-state index in [1.807, 2.05) is 0 Å². The van der Waals surface area contributed by atoms with Crippen LogP contribution in [0, 0.1) is 11.8 Å². The predicted molar refractivity (Wildman–Crippen MR) is 332 cm³/mol. The number of carbonyl (C=O) groups excluding carboxylic acids is 5. The molecule has 0 bridgehead atoms. The summed E-state index contributed by atoms with van der Waals surface area (Å²) in [6.45, 7) is 29.7. The van der Waals surface area contributed by atoms with Gasteiger partial charge in [0.2, 0.25) is 11.8 Å². The fourth-order valence-corrected chi connectivity index (χ4v) is 8.46. The normalized spacial score (nSPS) is 12.4. The van der Waals surface area contributed by atoms with Crippen LogP contribution in [-0.2, 0) is 86.3 Å². The van der Waals surface area contributed by atoms with Gasteiger partial charge in [0.1, 0.15) is 24.4 Å². The summed E-state index contributed by atoms with van der Waals surface area (Å²) in [7, 11) is 0. The molecule has 0 fully saturated rings. The third-order valence-electron chi connectivity index (χ3n) is 11.5. The van der Waals surface area contributed by atoms with Gasteiger partial charge in [-0.25, -0.2) is 14.3 Å². The molecule has 0 spiro atoms. The van der Waals surface area contributed by atoms with Gasteiger partial charge < -0.3 is 84.5 Å². The van der Waals surface area contributed by atoms with E-state index in [0.29, 0.717) is 160 Å². The highest BCUT2D eigenvalue weighted by Gasteiger charge is 2.29. The van der Waals surface area contributed by atoms with Crippen molar-refractivity contribution in [3.63, 3.8) is 0 Å². The molecule has 0 radical (unpaired) electrons. The zero-order valence-corrected chi connectivity index (χ0v) is 54.3. The van der Waals surface area contributed by atoms with Crippen LogP contribution >= 0.6 is 23.5 Å². The molecule has 1 aromatic heterocycles. The van der Waals surface area contributed by atoms with Crippen LogP contribution in [-0.4, -0.2) is 216 Å². The molecule has 2 atom stereocenters. The number of urea groups is 1. The van der Waals surface area contributed by atoms with Gasteiger partial charge in [-0.05, 0) is 48.8 Å². The number of benzene rings is 1. The fourth-order valence-electron chi connectivity index (χ4n) is 6.82. The topological polar surface area (TPSA) is 316 Å². The van der Waals surface area contributed by atoms with Crippen molar-refractivity contribution in [2.75, 3.05) is 149 Å². The molecular formula is C58H102N10O16S2. The van der Waals surface area contributed by atoms with Crippen LogP contribution < -0.4 is 32.3 Å². The Kier molecular flexibility index (Phi) is 42.3. The molecule has 2 aromatic rings. The number of hydrogen-bond donors (Lipinski definition) is 6. The van der Waals surface area contributed by atoms with Gasteiger partial charge in [0, 0.05) is 39.8 Å². The average molecular weight is 1260 g/mol. The highest BCUT2D eigenvalue weighted by atomic mass is 32.2. The molecular weight excluding hydrogens is 1160 g/mol. The van der Waals surface area contributed by atoms with E-state index in [-0.39, 0.29) is 41.5 Å². The lowest BCUT2D eigenvalue weighted by Crippen LogP contribution is -2.55. The van der Waals surface area contributed by atoms with Crippen molar-refractivity contribution in [1.82, 2.24) is 36.3 Å². The van der Waals surface area contributed by atoms with Crippen LogP contribution in [0.15, 0.2) is 35.6 Å². The summed E-state index contributed by atoms with van der Waals surface area (Å²) in [5.74, 6) is -0.107. The number of nitrogens with zero attached hydrogens (tertiary/aromatic N) is 4. The number of ether oxygens (including phenoxy) is 10. The van der Waals surface area contributed by atoms with Crippen molar-refractivity contribution in [2.24, 2.45) is 22.7 Å². The Hall–Kier alpha value is -4.88. The van der Waals surface area contributed by atoms with E-state index in [1.165, 1.54) is 0 Å². The van der Waals surface area contributed by atoms with E-state index in [0.717, 1.165) is 18.7 Å². The highest BCUT2D eigenvalue weighted by molar-refractivity contribution is 8.02. The molecule has 86 heavy (non-hydrogen) atoms. The minimum atomic E-state index is -1.05. The number of hydrogen-bond acceptors (Lipinski definition) is 21. The van der Waals surface area contributed by atoms with Gasteiger partial charge >= 0.3 is 12.1 Å². The Balaban J connectivity index is 1.60. The van der Waals surface area contributed by atoms with Crippen LogP contribution in [0.3, 0.4) is 0 Å². The molecule has 0 unspecified atom stereocenters. The van der Waals surface area contributed by atoms with Crippen LogP contribution in [0.25, 0.3) is 0 Å². The standard InChI is InChI=1S/C58H102N10O16S2/c1-44(2)17-20-74-22-24-76-26-28-78-30-32-80-34-36-82-37-35-81-33-31-79-29-27-77-25-23-75-21-19-68-39-48(65-67-68)38-61-56(73)83-40-46-13-15-47(16-14-46)62-53(70)50(12-11-18-60-55(59)72)63-54(71)52(45(3)4)64-51(69)41-84-66-49(42-85-57(5,6)7)43-86-58(8,9)10/h13-16,39,44-45,50,52H,11-12,17-38,40-43H2,1-10H3,(H,61,73)(H,62,70)(H,63,71)(H,64,69)(H3,59,60,72)/t50-,52-/m0/s1. The second-order valence-corrected chi connectivity index (χ2v) is 25.9. The first-order chi connectivity index (χ1) is 41.1. The third-order valence-corrected chi connectivity index (χ3v) is 14.2. The predicted octanol–water partition coefficient (Wildman–Crippen LogP) is 5.35. The summed E-state index contributed by atoms with van der Waals surface area (Å²) in [4.78, 5) is 69.8. The first kappa shape index (κ1) is 77.2. The molecule has 7 N–H and O–H groups in total. The minimum Gasteiger partial charge on any atom is -0.445 e. The summed E-state index contributed by atoms with van der Waals surface area (Å²) in [5.41, 5.74) is 7.61.